The molecule has 0 saturated heterocycles. The monoisotopic (exact) mass is 451 g/mol. The van der Waals surface area contributed by atoms with Crippen molar-refractivity contribution in [2.75, 3.05) is 10.6 Å². The van der Waals surface area contributed by atoms with Crippen LogP contribution in [0.3, 0.4) is 0 Å². The smallest absolute Gasteiger partial charge is 0.356 e. The van der Waals surface area contributed by atoms with Crippen LogP contribution in [0.1, 0.15) is 34.6 Å². The minimum atomic E-state index is -4.41. The van der Waals surface area contributed by atoms with E-state index in [4.69, 9.17) is 12.2 Å². The summed E-state index contributed by atoms with van der Waals surface area (Å²) in [5.41, 5.74) is 2.15. The number of anilines is 2. The molecular weight excluding hydrogens is 435 g/mol. The van der Waals surface area contributed by atoms with Crippen molar-refractivity contribution in [1.82, 2.24) is 15.3 Å². The SMILES string of the molecule is CC(NC(=S)Nc1ccc(NC(=O)c2cscn2)nc1)c1cccc(C(F)(F)F)c1. The van der Waals surface area contributed by atoms with Gasteiger partial charge < -0.3 is 16.0 Å². The predicted molar refractivity (Wildman–Crippen MR) is 114 cm³/mol. The van der Waals surface area contributed by atoms with Crippen molar-refractivity contribution < 1.29 is 18.0 Å². The fourth-order valence-corrected chi connectivity index (χ4v) is 3.30. The molecule has 0 aliphatic heterocycles. The highest BCUT2D eigenvalue weighted by molar-refractivity contribution is 7.80. The fourth-order valence-electron chi connectivity index (χ4n) is 2.48. The normalized spacial score (nSPS) is 12.1. The van der Waals surface area contributed by atoms with Crippen LogP contribution in [-0.4, -0.2) is 21.0 Å². The maximum atomic E-state index is 12.9. The van der Waals surface area contributed by atoms with Crippen LogP contribution in [0.5, 0.6) is 0 Å². The van der Waals surface area contributed by atoms with E-state index in [-0.39, 0.29) is 11.0 Å². The lowest BCUT2D eigenvalue weighted by Gasteiger charge is -2.18. The molecule has 1 unspecified atom stereocenters. The van der Waals surface area contributed by atoms with Gasteiger partial charge in [0.15, 0.2) is 5.11 Å². The third kappa shape index (κ3) is 5.74. The molecule has 2 heterocycles. The van der Waals surface area contributed by atoms with Gasteiger partial charge in [-0.15, -0.1) is 11.3 Å². The van der Waals surface area contributed by atoms with Crippen LogP contribution in [0.2, 0.25) is 0 Å². The van der Waals surface area contributed by atoms with Gasteiger partial charge in [-0.2, -0.15) is 13.2 Å². The van der Waals surface area contributed by atoms with E-state index in [0.717, 1.165) is 12.1 Å². The zero-order valence-electron chi connectivity index (χ0n) is 15.5. The van der Waals surface area contributed by atoms with Crippen molar-refractivity contribution in [2.24, 2.45) is 0 Å². The zero-order chi connectivity index (χ0) is 21.7. The molecule has 30 heavy (non-hydrogen) atoms. The van der Waals surface area contributed by atoms with Crippen LogP contribution < -0.4 is 16.0 Å². The first kappa shape index (κ1) is 21.7. The van der Waals surface area contributed by atoms with Gasteiger partial charge in [-0.1, -0.05) is 12.1 Å². The summed E-state index contributed by atoms with van der Waals surface area (Å²) in [7, 11) is 0. The van der Waals surface area contributed by atoms with E-state index in [1.54, 1.807) is 36.0 Å². The molecule has 0 aliphatic rings. The van der Waals surface area contributed by atoms with E-state index < -0.39 is 17.8 Å². The highest BCUT2D eigenvalue weighted by Gasteiger charge is 2.30. The first-order chi connectivity index (χ1) is 14.2. The Morgan fingerprint density at radius 3 is 2.60 bits per heavy atom. The minimum Gasteiger partial charge on any atom is -0.356 e. The molecule has 156 valence electrons. The number of thiazole rings is 1. The summed E-state index contributed by atoms with van der Waals surface area (Å²) >= 11 is 6.54. The Bertz CT molecular complexity index is 1020. The Morgan fingerprint density at radius 2 is 1.97 bits per heavy atom. The van der Waals surface area contributed by atoms with Crippen LogP contribution >= 0.6 is 23.6 Å². The van der Waals surface area contributed by atoms with Crippen LogP contribution in [0.25, 0.3) is 0 Å². The zero-order valence-corrected chi connectivity index (χ0v) is 17.2. The summed E-state index contributed by atoms with van der Waals surface area (Å²) in [4.78, 5) is 20.0. The van der Waals surface area contributed by atoms with Gasteiger partial charge in [0.05, 0.1) is 29.0 Å². The number of amides is 1. The van der Waals surface area contributed by atoms with Gasteiger partial charge in [0.1, 0.15) is 11.5 Å². The maximum Gasteiger partial charge on any atom is 0.416 e. The molecular formula is C19H16F3N5OS2. The summed E-state index contributed by atoms with van der Waals surface area (Å²) in [5.74, 6) is -0.0219. The van der Waals surface area contributed by atoms with E-state index in [9.17, 15) is 18.0 Å². The molecule has 0 radical (unpaired) electrons. The highest BCUT2D eigenvalue weighted by atomic mass is 32.1. The van der Waals surface area contributed by atoms with Gasteiger partial charge in [-0.05, 0) is 49.0 Å². The number of carbonyl (C=O) groups excluding carboxylic acids is 1. The second-order valence-corrected chi connectivity index (χ2v) is 7.33. The first-order valence-corrected chi connectivity index (χ1v) is 9.98. The summed E-state index contributed by atoms with van der Waals surface area (Å²) in [5, 5.41) is 10.3. The maximum absolute atomic E-state index is 12.9. The number of rotatable bonds is 5. The minimum absolute atomic E-state index is 0.223. The third-order valence-electron chi connectivity index (χ3n) is 3.99. The van der Waals surface area contributed by atoms with Gasteiger partial charge in [0, 0.05) is 5.38 Å². The first-order valence-electron chi connectivity index (χ1n) is 8.62. The van der Waals surface area contributed by atoms with Crippen LogP contribution in [0.15, 0.2) is 53.5 Å². The summed E-state index contributed by atoms with van der Waals surface area (Å²) < 4.78 is 38.6. The number of thiocarbonyl (C=S) groups is 1. The Labute approximate surface area is 179 Å². The van der Waals surface area contributed by atoms with Crippen molar-refractivity contribution in [1.29, 1.82) is 0 Å². The standard InChI is InChI=1S/C19H16F3N5OS2/c1-11(12-3-2-4-13(7-12)19(20,21)22)25-18(29)26-14-5-6-16(23-8-14)27-17(28)15-9-30-10-24-15/h2-11H,1H3,(H,23,27,28)(H2,25,26,29). The molecule has 0 saturated carbocycles. The second-order valence-electron chi connectivity index (χ2n) is 6.20. The molecule has 1 aromatic carbocycles. The lowest BCUT2D eigenvalue weighted by atomic mass is 10.1. The number of benzene rings is 1. The number of hydrogen-bond donors (Lipinski definition) is 3. The number of aromatic nitrogens is 2. The average Bonchev–Trinajstić information content (AvgIpc) is 3.24. The number of alkyl halides is 3. The summed E-state index contributed by atoms with van der Waals surface area (Å²) in [6.07, 6.45) is -2.93. The van der Waals surface area contributed by atoms with Crippen LogP contribution in [-0.2, 0) is 6.18 Å². The molecule has 0 bridgehead atoms. The number of carbonyl (C=O) groups is 1. The highest BCUT2D eigenvalue weighted by Crippen LogP contribution is 2.30. The molecule has 2 aromatic heterocycles. The Balaban J connectivity index is 1.56. The van der Waals surface area contributed by atoms with Crippen LogP contribution in [0, 0.1) is 0 Å². The van der Waals surface area contributed by atoms with Gasteiger partial charge in [0.2, 0.25) is 0 Å². The molecule has 11 heteroatoms. The van der Waals surface area contributed by atoms with Gasteiger partial charge in [0.25, 0.3) is 5.91 Å². The van der Waals surface area contributed by atoms with E-state index in [1.165, 1.54) is 23.6 Å². The Morgan fingerprint density at radius 1 is 1.17 bits per heavy atom. The molecule has 6 nitrogen and oxygen atoms in total. The molecule has 3 N–H and O–H groups in total. The van der Waals surface area contributed by atoms with Crippen molar-refractivity contribution in [3.05, 3.63) is 70.3 Å². The van der Waals surface area contributed by atoms with Crippen molar-refractivity contribution in [3.63, 3.8) is 0 Å². The molecule has 3 rings (SSSR count). The van der Waals surface area contributed by atoms with Crippen molar-refractivity contribution in [2.45, 2.75) is 19.1 Å². The van der Waals surface area contributed by atoms with Crippen molar-refractivity contribution >= 4 is 46.1 Å². The van der Waals surface area contributed by atoms with Crippen LogP contribution in [0.4, 0.5) is 24.7 Å². The molecule has 0 fully saturated rings. The fraction of sp³-hybridized carbons (Fsp3) is 0.158. The number of nitrogens with one attached hydrogen (secondary N) is 3. The average molecular weight is 451 g/mol. The Hall–Kier alpha value is -3.05. The van der Waals surface area contributed by atoms with Gasteiger partial charge >= 0.3 is 6.18 Å². The summed E-state index contributed by atoms with van der Waals surface area (Å²) in [6, 6.07) is 7.86. The third-order valence-corrected chi connectivity index (χ3v) is 4.80. The van der Waals surface area contributed by atoms with Gasteiger partial charge in [-0.3, -0.25) is 4.79 Å². The van der Waals surface area contributed by atoms with Gasteiger partial charge in [-0.25, -0.2) is 9.97 Å². The largest absolute Gasteiger partial charge is 0.416 e. The topological polar surface area (TPSA) is 78.9 Å². The number of halogens is 3. The quantitative estimate of drug-likeness (QED) is 0.481. The molecule has 1 atom stereocenters. The van der Waals surface area contributed by atoms with Crippen molar-refractivity contribution in [3.8, 4) is 0 Å². The molecule has 0 spiro atoms. The second kappa shape index (κ2) is 9.18. The summed E-state index contributed by atoms with van der Waals surface area (Å²) in [6.45, 7) is 1.71. The number of nitrogens with zero attached hydrogens (tertiary/aromatic N) is 2. The lowest BCUT2D eigenvalue weighted by Crippen LogP contribution is -2.31. The molecule has 0 aliphatic carbocycles. The molecule has 1 amide bonds. The number of hydrogen-bond acceptors (Lipinski definition) is 5. The van der Waals surface area contributed by atoms with E-state index in [2.05, 4.69) is 25.9 Å². The predicted octanol–water partition coefficient (Wildman–Crippen LogP) is 4.86. The van der Waals surface area contributed by atoms with E-state index >= 15 is 0 Å². The number of pyridine rings is 1. The Kier molecular flexibility index (Phi) is 6.63. The molecule has 3 aromatic rings. The lowest BCUT2D eigenvalue weighted by molar-refractivity contribution is -0.137. The van der Waals surface area contributed by atoms with E-state index in [0.29, 0.717) is 22.8 Å². The van der Waals surface area contributed by atoms with E-state index in [1.807, 2.05) is 0 Å².